The molecule has 0 saturated carbocycles. The van der Waals surface area contributed by atoms with E-state index in [-0.39, 0.29) is 22.6 Å². The van der Waals surface area contributed by atoms with Crippen molar-refractivity contribution in [3.05, 3.63) is 64.9 Å². The summed E-state index contributed by atoms with van der Waals surface area (Å²) in [6, 6.07) is 3.10. The minimum atomic E-state index is -0.871. The Labute approximate surface area is 170 Å². The first-order valence-corrected chi connectivity index (χ1v) is 9.62. The third-order valence-corrected chi connectivity index (χ3v) is 4.83. The molecule has 0 bridgehead atoms. The summed E-state index contributed by atoms with van der Waals surface area (Å²) < 4.78 is 29.0. The summed E-state index contributed by atoms with van der Waals surface area (Å²) in [5.41, 5.74) is 0.786. The van der Waals surface area contributed by atoms with Gasteiger partial charge in [0.05, 0.1) is 23.1 Å². The van der Waals surface area contributed by atoms with Crippen molar-refractivity contribution in [2.45, 2.75) is 26.8 Å². The standard InChI is InChI=1S/C20H18F2N4O2S/c1-12(2)25-10-14(9-23-25)19(28)7-5-16-11-29-20(24-16)26(13(3)27)18-6-4-15(21)8-17(18)22/h4-12H,1-3H3/b7-5+. The minimum Gasteiger partial charge on any atom is -0.289 e. The third kappa shape index (κ3) is 4.62. The summed E-state index contributed by atoms with van der Waals surface area (Å²) in [4.78, 5) is 29.7. The molecular weight excluding hydrogens is 398 g/mol. The molecule has 0 aliphatic rings. The normalized spacial score (nSPS) is 11.4. The van der Waals surface area contributed by atoms with Crippen molar-refractivity contribution in [1.82, 2.24) is 14.8 Å². The van der Waals surface area contributed by atoms with E-state index in [1.165, 1.54) is 31.3 Å². The molecule has 6 nitrogen and oxygen atoms in total. The monoisotopic (exact) mass is 416 g/mol. The Balaban J connectivity index is 1.81. The second kappa shape index (κ2) is 8.44. The molecule has 2 aromatic heterocycles. The number of rotatable bonds is 6. The van der Waals surface area contributed by atoms with Gasteiger partial charge in [0.15, 0.2) is 10.9 Å². The van der Waals surface area contributed by atoms with Crippen molar-refractivity contribution in [3.8, 4) is 0 Å². The lowest BCUT2D eigenvalue weighted by Gasteiger charge is -2.18. The Hall–Kier alpha value is -3.20. The number of hydrogen-bond donors (Lipinski definition) is 0. The van der Waals surface area contributed by atoms with Crippen molar-refractivity contribution >= 4 is 39.9 Å². The molecule has 3 aromatic rings. The smallest absolute Gasteiger partial charge is 0.230 e. The summed E-state index contributed by atoms with van der Waals surface area (Å²) in [6.45, 7) is 5.17. The summed E-state index contributed by atoms with van der Waals surface area (Å²) in [7, 11) is 0. The lowest BCUT2D eigenvalue weighted by Crippen LogP contribution is -2.23. The minimum absolute atomic E-state index is 0.0963. The molecule has 2 heterocycles. The van der Waals surface area contributed by atoms with Crippen LogP contribution < -0.4 is 4.90 Å². The van der Waals surface area contributed by atoms with Gasteiger partial charge in [0.2, 0.25) is 5.91 Å². The van der Waals surface area contributed by atoms with Crippen molar-refractivity contribution in [2.75, 3.05) is 4.90 Å². The molecule has 29 heavy (non-hydrogen) atoms. The predicted octanol–water partition coefficient (Wildman–Crippen LogP) is 4.78. The first kappa shape index (κ1) is 20.5. The Morgan fingerprint density at radius 1 is 1.28 bits per heavy atom. The number of thiazole rings is 1. The molecule has 9 heteroatoms. The van der Waals surface area contributed by atoms with E-state index in [2.05, 4.69) is 10.1 Å². The van der Waals surface area contributed by atoms with Crippen molar-refractivity contribution < 1.29 is 18.4 Å². The van der Waals surface area contributed by atoms with Crippen molar-refractivity contribution in [2.24, 2.45) is 0 Å². The lowest BCUT2D eigenvalue weighted by molar-refractivity contribution is -0.115. The van der Waals surface area contributed by atoms with Crippen molar-refractivity contribution in [3.63, 3.8) is 0 Å². The number of ketones is 1. The third-order valence-electron chi connectivity index (χ3n) is 3.99. The molecule has 0 atom stereocenters. The first-order valence-electron chi connectivity index (χ1n) is 8.74. The van der Waals surface area contributed by atoms with Crippen LogP contribution in [0.15, 0.2) is 42.0 Å². The van der Waals surface area contributed by atoms with Gasteiger partial charge in [0.1, 0.15) is 11.6 Å². The maximum Gasteiger partial charge on any atom is 0.230 e. The van der Waals surface area contributed by atoms with E-state index in [0.717, 1.165) is 22.3 Å². The predicted molar refractivity (Wildman–Crippen MR) is 107 cm³/mol. The topological polar surface area (TPSA) is 68.1 Å². The molecule has 0 unspecified atom stereocenters. The Kier molecular flexibility index (Phi) is 5.97. The molecule has 0 aliphatic heterocycles. The van der Waals surface area contributed by atoms with E-state index >= 15 is 0 Å². The maximum absolute atomic E-state index is 14.1. The number of carbonyl (C=O) groups is 2. The van der Waals surface area contributed by atoms with Gasteiger partial charge in [-0.25, -0.2) is 13.8 Å². The summed E-state index contributed by atoms with van der Waals surface area (Å²) >= 11 is 1.10. The van der Waals surface area contributed by atoms with Gasteiger partial charge in [0.25, 0.3) is 0 Å². The fourth-order valence-electron chi connectivity index (χ4n) is 2.53. The van der Waals surface area contributed by atoms with Crippen LogP contribution in [-0.2, 0) is 4.79 Å². The molecule has 0 N–H and O–H groups in total. The molecule has 3 rings (SSSR count). The van der Waals surface area contributed by atoms with Crippen LogP contribution in [0.4, 0.5) is 19.6 Å². The van der Waals surface area contributed by atoms with Gasteiger partial charge in [-0.1, -0.05) is 0 Å². The molecule has 1 amide bonds. The molecule has 0 radical (unpaired) electrons. The molecule has 0 spiro atoms. The SMILES string of the molecule is CC(=O)N(c1nc(/C=C/C(=O)c2cnn(C(C)C)c2)cs1)c1ccc(F)cc1F. The van der Waals surface area contributed by atoms with Crippen LogP contribution >= 0.6 is 11.3 Å². The molecule has 0 saturated heterocycles. The largest absolute Gasteiger partial charge is 0.289 e. The number of amides is 1. The van der Waals surface area contributed by atoms with Crippen LogP contribution in [0.5, 0.6) is 0 Å². The van der Waals surface area contributed by atoms with Crippen LogP contribution in [0.25, 0.3) is 6.08 Å². The highest BCUT2D eigenvalue weighted by atomic mass is 32.1. The van der Waals surface area contributed by atoms with E-state index < -0.39 is 17.5 Å². The van der Waals surface area contributed by atoms with Crippen LogP contribution in [0.1, 0.15) is 42.9 Å². The van der Waals surface area contributed by atoms with E-state index in [1.807, 2.05) is 13.8 Å². The number of halogens is 2. The van der Waals surface area contributed by atoms with Gasteiger partial charge in [-0.3, -0.25) is 19.2 Å². The second-order valence-corrected chi connectivity index (χ2v) is 7.34. The van der Waals surface area contributed by atoms with Gasteiger partial charge >= 0.3 is 0 Å². The highest BCUT2D eigenvalue weighted by molar-refractivity contribution is 7.14. The molecule has 150 valence electrons. The highest BCUT2D eigenvalue weighted by Gasteiger charge is 2.21. The summed E-state index contributed by atoms with van der Waals surface area (Å²) in [6.07, 6.45) is 6.03. The summed E-state index contributed by atoms with van der Waals surface area (Å²) in [5.74, 6) is -2.32. The number of hydrogen-bond acceptors (Lipinski definition) is 5. The van der Waals surface area contributed by atoms with Crippen molar-refractivity contribution in [1.29, 1.82) is 0 Å². The fraction of sp³-hybridized carbons (Fsp3) is 0.200. The van der Waals surface area contributed by atoms with E-state index in [0.29, 0.717) is 17.3 Å². The zero-order valence-electron chi connectivity index (χ0n) is 16.0. The van der Waals surface area contributed by atoms with Crippen LogP contribution in [-0.4, -0.2) is 26.5 Å². The summed E-state index contributed by atoms with van der Waals surface area (Å²) in [5, 5.41) is 5.97. The number of carbonyl (C=O) groups excluding carboxylic acids is 2. The van der Waals surface area contributed by atoms with Gasteiger partial charge in [0, 0.05) is 30.6 Å². The quantitative estimate of drug-likeness (QED) is 0.428. The highest BCUT2D eigenvalue weighted by Crippen LogP contribution is 2.31. The fourth-order valence-corrected chi connectivity index (χ4v) is 3.38. The number of anilines is 2. The van der Waals surface area contributed by atoms with E-state index in [4.69, 9.17) is 0 Å². The molecule has 0 fully saturated rings. The van der Waals surface area contributed by atoms with Gasteiger partial charge in [-0.2, -0.15) is 5.10 Å². The average molecular weight is 416 g/mol. The average Bonchev–Trinajstić information content (AvgIpc) is 3.31. The Morgan fingerprint density at radius 3 is 2.66 bits per heavy atom. The van der Waals surface area contributed by atoms with E-state index in [1.54, 1.807) is 16.3 Å². The first-order chi connectivity index (χ1) is 13.8. The molecule has 0 aliphatic carbocycles. The number of benzene rings is 1. The number of nitrogens with zero attached hydrogens (tertiary/aromatic N) is 4. The van der Waals surface area contributed by atoms with Crippen LogP contribution in [0.3, 0.4) is 0 Å². The lowest BCUT2D eigenvalue weighted by atomic mass is 10.2. The van der Waals surface area contributed by atoms with Crippen LogP contribution in [0.2, 0.25) is 0 Å². The Bertz CT molecular complexity index is 1090. The van der Waals surface area contributed by atoms with Gasteiger partial charge in [-0.05, 0) is 38.1 Å². The van der Waals surface area contributed by atoms with Gasteiger partial charge in [-0.15, -0.1) is 11.3 Å². The maximum atomic E-state index is 14.1. The number of allylic oxidation sites excluding steroid dienone is 1. The zero-order valence-corrected chi connectivity index (χ0v) is 16.8. The van der Waals surface area contributed by atoms with Gasteiger partial charge < -0.3 is 0 Å². The zero-order chi connectivity index (χ0) is 21.1. The Morgan fingerprint density at radius 2 is 2.03 bits per heavy atom. The van der Waals surface area contributed by atoms with E-state index in [9.17, 15) is 18.4 Å². The second-order valence-electron chi connectivity index (χ2n) is 6.51. The molecular formula is C20H18F2N4O2S. The number of aromatic nitrogens is 3. The molecule has 1 aromatic carbocycles. The van der Waals surface area contributed by atoms with Crippen LogP contribution in [0, 0.1) is 11.6 Å².